The van der Waals surface area contributed by atoms with Crippen molar-refractivity contribution in [2.75, 3.05) is 13.6 Å². The van der Waals surface area contributed by atoms with Crippen molar-refractivity contribution < 1.29 is 27.1 Å². The Morgan fingerprint density at radius 2 is 1.62 bits per heavy atom. The molecule has 0 aliphatic rings. The lowest BCUT2D eigenvalue weighted by Crippen LogP contribution is -2.36. The number of carbonyl (C=O) groups is 1. The summed E-state index contributed by atoms with van der Waals surface area (Å²) in [4.78, 5) is 14.2. The fourth-order valence-corrected chi connectivity index (χ4v) is 3.70. The summed E-state index contributed by atoms with van der Waals surface area (Å²) in [5.74, 6) is -0.769. The van der Waals surface area contributed by atoms with E-state index in [-0.39, 0.29) is 23.4 Å². The molecular formula is C25H25ClF4N2O2. The second-order valence-corrected chi connectivity index (χ2v) is 9.69. The fourth-order valence-electron chi connectivity index (χ4n) is 3.58. The lowest BCUT2D eigenvalue weighted by molar-refractivity contribution is -0.143. The molecule has 0 radical (unpaired) electrons. The SMILES string of the molecule is CN(CC(C)(C)C)C(=O)Oc1c(-c2ccc(Cl)cc2)cc(C(F)(F)F)n1Cc1ccc(F)cc1. The van der Waals surface area contributed by atoms with Gasteiger partial charge < -0.3 is 14.2 Å². The Morgan fingerprint density at radius 1 is 1.03 bits per heavy atom. The van der Waals surface area contributed by atoms with Crippen molar-refractivity contribution in [1.29, 1.82) is 0 Å². The summed E-state index contributed by atoms with van der Waals surface area (Å²) in [5.41, 5.74) is -0.355. The van der Waals surface area contributed by atoms with Gasteiger partial charge in [-0.25, -0.2) is 9.18 Å². The zero-order chi connectivity index (χ0) is 25.3. The molecule has 3 rings (SSSR count). The van der Waals surface area contributed by atoms with Crippen molar-refractivity contribution in [3.8, 4) is 17.0 Å². The number of alkyl halides is 3. The molecule has 0 spiro atoms. The third kappa shape index (κ3) is 6.32. The number of benzene rings is 2. The first-order chi connectivity index (χ1) is 15.7. The van der Waals surface area contributed by atoms with E-state index >= 15 is 0 Å². The maximum absolute atomic E-state index is 14.1. The van der Waals surface area contributed by atoms with E-state index in [9.17, 15) is 22.4 Å². The van der Waals surface area contributed by atoms with Crippen molar-refractivity contribution >= 4 is 17.7 Å². The quantitative estimate of drug-likeness (QED) is 0.343. The van der Waals surface area contributed by atoms with Crippen molar-refractivity contribution in [3.05, 3.63) is 76.7 Å². The Labute approximate surface area is 200 Å². The third-order valence-electron chi connectivity index (χ3n) is 4.95. The molecule has 0 atom stereocenters. The van der Waals surface area contributed by atoms with Crippen molar-refractivity contribution in [1.82, 2.24) is 9.47 Å². The summed E-state index contributed by atoms with van der Waals surface area (Å²) in [7, 11) is 1.52. The summed E-state index contributed by atoms with van der Waals surface area (Å²) in [6.45, 7) is 5.82. The molecule has 0 fully saturated rings. The maximum atomic E-state index is 14.1. The second-order valence-electron chi connectivity index (χ2n) is 9.25. The highest BCUT2D eigenvalue weighted by Crippen LogP contribution is 2.41. The molecule has 2 aromatic carbocycles. The number of carbonyl (C=O) groups excluding carboxylic acids is 1. The third-order valence-corrected chi connectivity index (χ3v) is 5.21. The molecule has 0 N–H and O–H groups in total. The van der Waals surface area contributed by atoms with Crippen LogP contribution in [0.3, 0.4) is 0 Å². The normalized spacial score (nSPS) is 12.0. The van der Waals surface area contributed by atoms with Gasteiger partial charge in [0.2, 0.25) is 5.88 Å². The van der Waals surface area contributed by atoms with Gasteiger partial charge in [-0.2, -0.15) is 13.2 Å². The van der Waals surface area contributed by atoms with E-state index in [1.807, 2.05) is 20.8 Å². The van der Waals surface area contributed by atoms with Gasteiger partial charge in [0, 0.05) is 24.2 Å². The Bertz CT molecular complexity index is 1150. The molecule has 0 bridgehead atoms. The molecule has 182 valence electrons. The number of aromatic nitrogens is 1. The zero-order valence-corrected chi connectivity index (χ0v) is 20.0. The van der Waals surface area contributed by atoms with Gasteiger partial charge in [-0.15, -0.1) is 0 Å². The van der Waals surface area contributed by atoms with E-state index in [1.54, 1.807) is 24.3 Å². The van der Waals surface area contributed by atoms with Crippen LogP contribution in [0.2, 0.25) is 5.02 Å². The first kappa shape index (κ1) is 25.6. The van der Waals surface area contributed by atoms with E-state index in [0.717, 1.165) is 22.8 Å². The second kappa shape index (κ2) is 9.70. The number of amides is 1. The molecule has 0 aliphatic carbocycles. The number of rotatable bonds is 5. The lowest BCUT2D eigenvalue weighted by atomic mass is 9.96. The van der Waals surface area contributed by atoms with Crippen LogP contribution in [0.1, 0.15) is 32.0 Å². The molecule has 3 aromatic rings. The number of hydrogen-bond donors (Lipinski definition) is 0. The molecule has 0 aliphatic heterocycles. The first-order valence-corrected chi connectivity index (χ1v) is 10.9. The van der Waals surface area contributed by atoms with Gasteiger partial charge in [0.05, 0.1) is 6.54 Å². The smallest absolute Gasteiger partial charge is 0.392 e. The molecule has 9 heteroatoms. The van der Waals surface area contributed by atoms with Crippen LogP contribution in [-0.4, -0.2) is 29.2 Å². The summed E-state index contributed by atoms with van der Waals surface area (Å²) >= 11 is 5.95. The Balaban J connectivity index is 2.14. The highest BCUT2D eigenvalue weighted by atomic mass is 35.5. The van der Waals surface area contributed by atoms with Crippen molar-refractivity contribution in [3.63, 3.8) is 0 Å². The van der Waals surface area contributed by atoms with E-state index in [4.69, 9.17) is 16.3 Å². The number of halogens is 5. The number of hydrogen-bond acceptors (Lipinski definition) is 2. The van der Waals surface area contributed by atoms with E-state index in [1.165, 1.54) is 24.1 Å². The predicted molar refractivity (Wildman–Crippen MR) is 123 cm³/mol. The molecule has 1 amide bonds. The minimum Gasteiger partial charge on any atom is -0.392 e. The molecule has 0 saturated carbocycles. The van der Waals surface area contributed by atoms with Gasteiger partial charge in [0.25, 0.3) is 0 Å². The van der Waals surface area contributed by atoms with Gasteiger partial charge >= 0.3 is 12.3 Å². The molecule has 1 aromatic heterocycles. The van der Waals surface area contributed by atoms with Crippen molar-refractivity contribution in [2.24, 2.45) is 5.41 Å². The van der Waals surface area contributed by atoms with Crippen LogP contribution in [0.25, 0.3) is 11.1 Å². The van der Waals surface area contributed by atoms with Crippen molar-refractivity contribution in [2.45, 2.75) is 33.5 Å². The Morgan fingerprint density at radius 3 is 2.15 bits per heavy atom. The number of nitrogens with zero attached hydrogens (tertiary/aromatic N) is 2. The van der Waals surface area contributed by atoms with Crippen LogP contribution in [0, 0.1) is 11.2 Å². The molecule has 4 nitrogen and oxygen atoms in total. The molecule has 0 saturated heterocycles. The van der Waals surface area contributed by atoms with Crippen LogP contribution in [0.15, 0.2) is 54.6 Å². The summed E-state index contributed by atoms with van der Waals surface area (Å²) in [6, 6.07) is 12.2. The maximum Gasteiger partial charge on any atom is 0.431 e. The first-order valence-electron chi connectivity index (χ1n) is 10.5. The highest BCUT2D eigenvalue weighted by Gasteiger charge is 2.38. The Hall–Kier alpha value is -3.00. The topological polar surface area (TPSA) is 34.5 Å². The average molecular weight is 497 g/mol. The van der Waals surface area contributed by atoms with Crippen LogP contribution < -0.4 is 4.74 Å². The average Bonchev–Trinajstić information content (AvgIpc) is 3.07. The van der Waals surface area contributed by atoms with Crippen LogP contribution in [0.5, 0.6) is 5.88 Å². The van der Waals surface area contributed by atoms with Crippen LogP contribution >= 0.6 is 11.6 Å². The highest BCUT2D eigenvalue weighted by molar-refractivity contribution is 6.30. The van der Waals surface area contributed by atoms with E-state index < -0.39 is 23.8 Å². The molecular weight excluding hydrogens is 472 g/mol. The van der Waals surface area contributed by atoms with Gasteiger partial charge in [-0.1, -0.05) is 56.6 Å². The van der Waals surface area contributed by atoms with Gasteiger partial charge in [0.15, 0.2) is 0 Å². The molecule has 34 heavy (non-hydrogen) atoms. The lowest BCUT2D eigenvalue weighted by Gasteiger charge is -2.26. The Kier molecular flexibility index (Phi) is 7.31. The summed E-state index contributed by atoms with van der Waals surface area (Å²) in [6.07, 6.45) is -5.53. The van der Waals surface area contributed by atoms with Gasteiger partial charge in [-0.05, 0) is 46.9 Å². The number of ether oxygens (including phenoxy) is 1. The standard InChI is InChI=1S/C25H25ClF4N2O2/c1-24(2,3)15-31(4)23(33)34-22-20(17-7-9-18(26)10-8-17)13-21(25(28,29)30)32(22)14-16-5-11-19(27)12-6-16/h5-13H,14-15H2,1-4H3. The summed E-state index contributed by atoms with van der Waals surface area (Å²) in [5, 5.41) is 0.411. The molecule has 0 unspecified atom stereocenters. The van der Waals surface area contributed by atoms with Crippen LogP contribution in [0.4, 0.5) is 22.4 Å². The summed E-state index contributed by atoms with van der Waals surface area (Å²) < 4.78 is 62.0. The van der Waals surface area contributed by atoms with Crippen LogP contribution in [-0.2, 0) is 12.7 Å². The molecule has 1 heterocycles. The fraction of sp³-hybridized carbons (Fsp3) is 0.320. The minimum absolute atomic E-state index is 0.0867. The minimum atomic E-state index is -4.73. The van der Waals surface area contributed by atoms with Gasteiger partial charge in [-0.3, -0.25) is 0 Å². The largest absolute Gasteiger partial charge is 0.431 e. The van der Waals surface area contributed by atoms with E-state index in [2.05, 4.69) is 0 Å². The predicted octanol–water partition coefficient (Wildman–Crippen LogP) is 7.49. The van der Waals surface area contributed by atoms with Gasteiger partial charge in [0.1, 0.15) is 11.5 Å². The zero-order valence-electron chi connectivity index (χ0n) is 19.2. The monoisotopic (exact) mass is 496 g/mol. The van der Waals surface area contributed by atoms with E-state index in [0.29, 0.717) is 22.7 Å².